The van der Waals surface area contributed by atoms with E-state index in [-0.39, 0.29) is 11.0 Å². The highest BCUT2D eigenvalue weighted by Crippen LogP contribution is 2.34. The molecule has 3 aromatic rings. The minimum absolute atomic E-state index is 0.0132. The molecule has 2 aromatic carbocycles. The van der Waals surface area contributed by atoms with Crippen molar-refractivity contribution < 1.29 is 13.2 Å². The Morgan fingerprint density at radius 2 is 1.89 bits per heavy atom. The fourth-order valence-electron chi connectivity index (χ4n) is 4.35. The highest BCUT2D eigenvalue weighted by molar-refractivity contribution is 7.89. The van der Waals surface area contributed by atoms with Crippen LogP contribution in [0, 0.1) is 0 Å². The van der Waals surface area contributed by atoms with E-state index in [1.54, 1.807) is 30.5 Å². The average Bonchev–Trinajstić information content (AvgIpc) is 3.38. The van der Waals surface area contributed by atoms with Crippen LogP contribution in [0.2, 0.25) is 0 Å². The number of anilines is 5. The Morgan fingerprint density at radius 3 is 2.58 bits per heavy atom. The van der Waals surface area contributed by atoms with Crippen molar-refractivity contribution in [3.63, 3.8) is 0 Å². The van der Waals surface area contributed by atoms with E-state index < -0.39 is 10.0 Å². The molecule has 1 aliphatic heterocycles. The van der Waals surface area contributed by atoms with Crippen LogP contribution in [0.25, 0.3) is 0 Å². The second-order valence-corrected chi connectivity index (χ2v) is 11.7. The number of aromatic nitrogens is 2. The van der Waals surface area contributed by atoms with Crippen molar-refractivity contribution in [2.24, 2.45) is 0 Å². The topological polar surface area (TPSA) is 112 Å². The summed E-state index contributed by atoms with van der Waals surface area (Å²) < 4.78 is 33.5. The molecule has 1 aromatic heterocycles. The first-order valence-corrected chi connectivity index (χ1v) is 14.2. The number of hydrogen-bond donors (Lipinski definition) is 3. The van der Waals surface area contributed by atoms with Crippen LogP contribution >= 0.6 is 0 Å². The Labute approximate surface area is 226 Å². The Morgan fingerprint density at radius 1 is 1.13 bits per heavy atom. The average molecular weight is 537 g/mol. The van der Waals surface area contributed by atoms with Gasteiger partial charge in [0.25, 0.3) is 0 Å². The molecular formula is C26H36BN7O3S. The molecule has 202 valence electrons. The van der Waals surface area contributed by atoms with Gasteiger partial charge in [-0.2, -0.15) is 4.98 Å². The zero-order chi connectivity index (χ0) is 27.4. The summed E-state index contributed by atoms with van der Waals surface area (Å²) in [5.41, 5.74) is 3.05. The zero-order valence-corrected chi connectivity index (χ0v) is 23.6. The molecule has 0 spiro atoms. The SMILES string of the molecule is Bc1cnc(Nc2ccc(N3CC[C@H](N(C)C)C3)cc2OC(C)C)nc1Nc1ccccc1S(=O)(=O)NC. The van der Waals surface area contributed by atoms with Gasteiger partial charge in [0.2, 0.25) is 16.0 Å². The first-order chi connectivity index (χ1) is 18.1. The molecule has 38 heavy (non-hydrogen) atoms. The van der Waals surface area contributed by atoms with E-state index in [1.165, 1.54) is 7.05 Å². The molecule has 0 unspecified atom stereocenters. The molecule has 1 aliphatic rings. The van der Waals surface area contributed by atoms with Crippen LogP contribution in [0.15, 0.2) is 53.6 Å². The van der Waals surface area contributed by atoms with Crippen LogP contribution in [-0.2, 0) is 10.0 Å². The Balaban J connectivity index is 1.60. The molecule has 2 heterocycles. The molecule has 3 N–H and O–H groups in total. The van der Waals surface area contributed by atoms with Crippen molar-refractivity contribution in [1.29, 1.82) is 0 Å². The molecule has 0 bridgehead atoms. The van der Waals surface area contributed by atoms with E-state index in [0.717, 1.165) is 42.1 Å². The maximum absolute atomic E-state index is 12.5. The predicted octanol–water partition coefficient (Wildman–Crippen LogP) is 2.06. The van der Waals surface area contributed by atoms with Crippen molar-refractivity contribution in [2.75, 3.05) is 49.8 Å². The Bertz CT molecular complexity index is 1390. The van der Waals surface area contributed by atoms with Gasteiger partial charge in [-0.15, -0.1) is 0 Å². The summed E-state index contributed by atoms with van der Waals surface area (Å²) in [6, 6.07) is 13.4. The zero-order valence-electron chi connectivity index (χ0n) is 22.8. The molecular weight excluding hydrogens is 501 g/mol. The summed E-state index contributed by atoms with van der Waals surface area (Å²) in [6.45, 7) is 5.96. The lowest BCUT2D eigenvalue weighted by Crippen LogP contribution is -2.31. The molecule has 0 radical (unpaired) electrons. The van der Waals surface area contributed by atoms with Gasteiger partial charge in [-0.1, -0.05) is 12.1 Å². The van der Waals surface area contributed by atoms with Gasteiger partial charge in [0.05, 0.1) is 17.5 Å². The quantitative estimate of drug-likeness (QED) is 0.335. The molecule has 1 saturated heterocycles. The Kier molecular flexibility index (Phi) is 8.44. The first-order valence-electron chi connectivity index (χ1n) is 12.7. The van der Waals surface area contributed by atoms with Crippen molar-refractivity contribution in [3.8, 4) is 5.75 Å². The fraction of sp³-hybridized carbons (Fsp3) is 0.385. The van der Waals surface area contributed by atoms with E-state index in [1.807, 2.05) is 27.8 Å². The molecule has 0 amide bonds. The maximum Gasteiger partial charge on any atom is 0.242 e. The van der Waals surface area contributed by atoms with Crippen LogP contribution < -0.4 is 30.5 Å². The number of nitrogens with one attached hydrogen (secondary N) is 3. The van der Waals surface area contributed by atoms with Crippen LogP contribution in [-0.4, -0.2) is 77.5 Å². The van der Waals surface area contributed by atoms with E-state index in [4.69, 9.17) is 4.74 Å². The monoisotopic (exact) mass is 537 g/mol. The minimum Gasteiger partial charge on any atom is -0.489 e. The molecule has 1 atom stereocenters. The Hall–Kier alpha value is -3.35. The van der Waals surface area contributed by atoms with Crippen molar-refractivity contribution in [2.45, 2.75) is 37.3 Å². The number of rotatable bonds is 10. The van der Waals surface area contributed by atoms with Crippen LogP contribution in [0.4, 0.5) is 28.8 Å². The highest BCUT2D eigenvalue weighted by atomic mass is 32.2. The third-order valence-electron chi connectivity index (χ3n) is 6.50. The predicted molar refractivity (Wildman–Crippen MR) is 156 cm³/mol. The van der Waals surface area contributed by atoms with Gasteiger partial charge < -0.3 is 25.2 Å². The lowest BCUT2D eigenvalue weighted by Gasteiger charge is -2.23. The molecule has 0 aliphatic carbocycles. The number of benzene rings is 2. The summed E-state index contributed by atoms with van der Waals surface area (Å²) in [4.78, 5) is 13.9. The summed E-state index contributed by atoms with van der Waals surface area (Å²) in [5.74, 6) is 1.58. The number of hydrogen-bond acceptors (Lipinski definition) is 9. The second kappa shape index (κ2) is 11.6. The number of ether oxygens (including phenoxy) is 1. The number of nitrogens with zero attached hydrogens (tertiary/aromatic N) is 4. The van der Waals surface area contributed by atoms with E-state index in [0.29, 0.717) is 23.5 Å². The number of para-hydroxylation sites is 1. The van der Waals surface area contributed by atoms with Crippen LogP contribution in [0.5, 0.6) is 5.75 Å². The number of sulfonamides is 1. The minimum atomic E-state index is -3.65. The van der Waals surface area contributed by atoms with E-state index in [2.05, 4.69) is 61.4 Å². The smallest absolute Gasteiger partial charge is 0.242 e. The lowest BCUT2D eigenvalue weighted by atomic mass is 9.99. The fourth-order valence-corrected chi connectivity index (χ4v) is 5.24. The van der Waals surface area contributed by atoms with Gasteiger partial charge in [-0.3, -0.25) is 0 Å². The maximum atomic E-state index is 12.5. The summed E-state index contributed by atoms with van der Waals surface area (Å²) in [7, 11) is 3.84. The second-order valence-electron chi connectivity index (χ2n) is 9.88. The van der Waals surface area contributed by atoms with E-state index >= 15 is 0 Å². The molecule has 0 saturated carbocycles. The van der Waals surface area contributed by atoms with E-state index in [9.17, 15) is 8.42 Å². The summed E-state index contributed by atoms with van der Waals surface area (Å²) in [6.07, 6.45) is 2.80. The molecule has 10 nitrogen and oxygen atoms in total. The number of likely N-dealkylation sites (N-methyl/N-ethyl adjacent to an activating group) is 1. The van der Waals surface area contributed by atoms with Crippen LogP contribution in [0.1, 0.15) is 20.3 Å². The first kappa shape index (κ1) is 27.7. The van der Waals surface area contributed by atoms with Crippen molar-refractivity contribution in [3.05, 3.63) is 48.7 Å². The normalized spacial score (nSPS) is 15.8. The van der Waals surface area contributed by atoms with Gasteiger partial charge in [-0.25, -0.2) is 18.1 Å². The van der Waals surface area contributed by atoms with Gasteiger partial charge in [0.15, 0.2) is 0 Å². The van der Waals surface area contributed by atoms with Crippen molar-refractivity contribution >= 4 is 52.2 Å². The third kappa shape index (κ3) is 6.37. The van der Waals surface area contributed by atoms with Crippen LogP contribution in [0.3, 0.4) is 0 Å². The summed E-state index contributed by atoms with van der Waals surface area (Å²) >= 11 is 0. The highest BCUT2D eigenvalue weighted by Gasteiger charge is 2.25. The summed E-state index contributed by atoms with van der Waals surface area (Å²) in [5, 5.41) is 6.45. The third-order valence-corrected chi connectivity index (χ3v) is 7.98. The van der Waals surface area contributed by atoms with Gasteiger partial charge in [0, 0.05) is 37.1 Å². The largest absolute Gasteiger partial charge is 0.489 e. The molecule has 1 fully saturated rings. The van der Waals surface area contributed by atoms with Gasteiger partial charge in [0.1, 0.15) is 24.3 Å². The van der Waals surface area contributed by atoms with Crippen molar-refractivity contribution in [1.82, 2.24) is 19.6 Å². The van der Waals surface area contributed by atoms with Gasteiger partial charge >= 0.3 is 0 Å². The van der Waals surface area contributed by atoms with Gasteiger partial charge in [-0.05, 0) is 71.1 Å². The molecule has 4 rings (SSSR count). The molecule has 12 heteroatoms. The standard InChI is InChI=1S/C26H36BN7O3S/c1-17(2)37-23-14-18(34-13-12-19(16-34)33(4)5)10-11-21(23)31-26-29-15-20(27)25(32-26)30-22-8-6-7-9-24(22)38(35,36)28-3/h6-11,14-15,17,19,28H,12-13,16,27H2,1-5H3,(H2,29,30,31,32)/t19-/m0/s1. The lowest BCUT2D eigenvalue weighted by molar-refractivity contribution is 0.244.